The van der Waals surface area contributed by atoms with Crippen molar-refractivity contribution in [2.75, 3.05) is 25.5 Å². The molecule has 0 aliphatic carbocycles. The van der Waals surface area contributed by atoms with Crippen molar-refractivity contribution in [3.8, 4) is 5.75 Å². The van der Waals surface area contributed by atoms with Gasteiger partial charge >= 0.3 is 0 Å². The zero-order valence-corrected chi connectivity index (χ0v) is 16.1. The third-order valence-electron chi connectivity index (χ3n) is 5.16. The smallest absolute Gasteiger partial charge is 0.229 e. The highest BCUT2D eigenvalue weighted by Gasteiger charge is 2.34. The molecule has 3 rings (SSSR count). The minimum Gasteiger partial charge on any atom is -0.496 e. The summed E-state index contributed by atoms with van der Waals surface area (Å²) in [6.45, 7) is 5.00. The van der Waals surface area contributed by atoms with E-state index in [9.17, 15) is 9.59 Å². The molecule has 142 valence electrons. The van der Waals surface area contributed by atoms with Crippen LogP contribution in [0.5, 0.6) is 5.75 Å². The number of nitrogens with one attached hydrogen (secondary N) is 1. The zero-order chi connectivity index (χ0) is 19.4. The van der Waals surface area contributed by atoms with Gasteiger partial charge in [0.1, 0.15) is 5.75 Å². The second-order valence-electron chi connectivity index (χ2n) is 7.06. The Bertz CT molecular complexity index is 827. The van der Waals surface area contributed by atoms with Gasteiger partial charge in [-0.05, 0) is 43.0 Å². The Morgan fingerprint density at radius 2 is 1.85 bits per heavy atom. The first kappa shape index (κ1) is 19.0. The number of ether oxygens (including phenoxy) is 1. The van der Waals surface area contributed by atoms with E-state index in [-0.39, 0.29) is 24.2 Å². The first-order valence-corrected chi connectivity index (χ1v) is 9.26. The SMILES string of the molecule is COc1ccccc1CCN1CC(C(=O)Nc2c(C)cccc2C)CC1=O. The van der Waals surface area contributed by atoms with Gasteiger partial charge in [0, 0.05) is 25.2 Å². The van der Waals surface area contributed by atoms with Gasteiger partial charge in [-0.3, -0.25) is 9.59 Å². The fourth-order valence-electron chi connectivity index (χ4n) is 3.57. The largest absolute Gasteiger partial charge is 0.496 e. The monoisotopic (exact) mass is 366 g/mol. The van der Waals surface area contributed by atoms with Gasteiger partial charge in [0.15, 0.2) is 0 Å². The van der Waals surface area contributed by atoms with Gasteiger partial charge < -0.3 is 15.0 Å². The van der Waals surface area contributed by atoms with E-state index in [1.165, 1.54) is 0 Å². The Morgan fingerprint density at radius 3 is 2.56 bits per heavy atom. The number of carbonyl (C=O) groups excluding carboxylic acids is 2. The highest BCUT2D eigenvalue weighted by Crippen LogP contribution is 2.25. The van der Waals surface area contributed by atoms with Gasteiger partial charge in [0.05, 0.1) is 13.0 Å². The molecule has 1 N–H and O–H groups in total. The number of hydrogen-bond acceptors (Lipinski definition) is 3. The highest BCUT2D eigenvalue weighted by atomic mass is 16.5. The Morgan fingerprint density at radius 1 is 1.15 bits per heavy atom. The summed E-state index contributed by atoms with van der Waals surface area (Å²) in [5.74, 6) is 0.467. The van der Waals surface area contributed by atoms with Crippen LogP contribution in [0.15, 0.2) is 42.5 Å². The third kappa shape index (κ3) is 4.30. The Balaban J connectivity index is 1.60. The maximum atomic E-state index is 12.7. The molecule has 5 nitrogen and oxygen atoms in total. The van der Waals surface area contributed by atoms with Crippen molar-refractivity contribution in [2.24, 2.45) is 5.92 Å². The molecule has 2 aromatic carbocycles. The van der Waals surface area contributed by atoms with E-state index in [1.54, 1.807) is 12.0 Å². The average Bonchev–Trinajstić information content (AvgIpc) is 3.04. The number of aryl methyl sites for hydroxylation is 2. The number of benzene rings is 2. The van der Waals surface area contributed by atoms with Crippen LogP contribution in [0.2, 0.25) is 0 Å². The van der Waals surface area contributed by atoms with Crippen LogP contribution in [0, 0.1) is 19.8 Å². The molecule has 1 aliphatic heterocycles. The maximum Gasteiger partial charge on any atom is 0.229 e. The van der Waals surface area contributed by atoms with E-state index >= 15 is 0 Å². The first-order chi connectivity index (χ1) is 13.0. The number of nitrogens with zero attached hydrogens (tertiary/aromatic N) is 1. The van der Waals surface area contributed by atoms with Crippen molar-refractivity contribution < 1.29 is 14.3 Å². The molecule has 1 unspecified atom stereocenters. The number of hydrogen-bond donors (Lipinski definition) is 1. The standard InChI is InChI=1S/C22H26N2O3/c1-15-7-6-8-16(2)21(15)23-22(26)18-13-20(25)24(14-18)12-11-17-9-4-5-10-19(17)27-3/h4-10,18H,11-14H2,1-3H3,(H,23,26). The van der Waals surface area contributed by atoms with Crippen LogP contribution in [0.25, 0.3) is 0 Å². The molecule has 0 saturated carbocycles. The molecule has 1 fully saturated rings. The average molecular weight is 366 g/mol. The van der Waals surface area contributed by atoms with E-state index < -0.39 is 0 Å². The summed E-state index contributed by atoms with van der Waals surface area (Å²) in [4.78, 5) is 26.8. The van der Waals surface area contributed by atoms with E-state index in [0.717, 1.165) is 28.1 Å². The maximum absolute atomic E-state index is 12.7. The van der Waals surface area contributed by atoms with Crippen molar-refractivity contribution in [1.29, 1.82) is 0 Å². The second-order valence-corrected chi connectivity index (χ2v) is 7.06. The van der Waals surface area contributed by atoms with Crippen molar-refractivity contribution in [1.82, 2.24) is 4.90 Å². The van der Waals surface area contributed by atoms with E-state index in [4.69, 9.17) is 4.74 Å². The van der Waals surface area contributed by atoms with Crippen LogP contribution >= 0.6 is 0 Å². The van der Waals surface area contributed by atoms with Gasteiger partial charge in [-0.1, -0.05) is 36.4 Å². The van der Waals surface area contributed by atoms with E-state index in [1.807, 2.05) is 56.3 Å². The summed E-state index contributed by atoms with van der Waals surface area (Å²) in [6.07, 6.45) is 0.976. The number of likely N-dealkylation sites (tertiary alicyclic amines) is 1. The number of para-hydroxylation sites is 2. The number of rotatable bonds is 6. The van der Waals surface area contributed by atoms with Crippen LogP contribution in [0.4, 0.5) is 5.69 Å². The number of methoxy groups -OCH3 is 1. The van der Waals surface area contributed by atoms with Gasteiger partial charge in [-0.25, -0.2) is 0 Å². The minimum atomic E-state index is -0.311. The molecular formula is C22H26N2O3. The second kappa shape index (κ2) is 8.25. The third-order valence-corrected chi connectivity index (χ3v) is 5.16. The molecule has 0 spiro atoms. The fraction of sp³-hybridized carbons (Fsp3) is 0.364. The lowest BCUT2D eigenvalue weighted by Crippen LogP contribution is -2.30. The summed E-state index contributed by atoms with van der Waals surface area (Å²) < 4.78 is 5.37. The highest BCUT2D eigenvalue weighted by molar-refractivity contribution is 5.98. The molecule has 2 amide bonds. The molecule has 2 aromatic rings. The summed E-state index contributed by atoms with van der Waals surface area (Å²) in [5, 5.41) is 3.02. The topological polar surface area (TPSA) is 58.6 Å². The van der Waals surface area contributed by atoms with Crippen molar-refractivity contribution in [3.63, 3.8) is 0 Å². The summed E-state index contributed by atoms with van der Waals surface area (Å²) >= 11 is 0. The lowest BCUT2D eigenvalue weighted by atomic mass is 10.1. The van der Waals surface area contributed by atoms with Gasteiger partial charge in [0.2, 0.25) is 11.8 Å². The Labute approximate surface area is 160 Å². The van der Waals surface area contributed by atoms with Gasteiger partial charge in [-0.2, -0.15) is 0 Å². The zero-order valence-electron chi connectivity index (χ0n) is 16.1. The predicted molar refractivity (Wildman–Crippen MR) is 106 cm³/mol. The molecule has 1 atom stereocenters. The molecule has 0 bridgehead atoms. The molecular weight excluding hydrogens is 340 g/mol. The lowest BCUT2D eigenvalue weighted by Gasteiger charge is -2.18. The molecule has 1 saturated heterocycles. The predicted octanol–water partition coefficient (Wildman–Crippen LogP) is 3.34. The fourth-order valence-corrected chi connectivity index (χ4v) is 3.57. The summed E-state index contributed by atoms with van der Waals surface area (Å²) in [7, 11) is 1.65. The number of carbonyl (C=O) groups is 2. The van der Waals surface area contributed by atoms with Gasteiger partial charge in [0.25, 0.3) is 0 Å². The number of amides is 2. The van der Waals surface area contributed by atoms with Crippen LogP contribution in [0.1, 0.15) is 23.1 Å². The molecule has 0 radical (unpaired) electrons. The molecule has 0 aromatic heterocycles. The van der Waals surface area contributed by atoms with Crippen molar-refractivity contribution in [3.05, 3.63) is 59.2 Å². The van der Waals surface area contributed by atoms with E-state index in [2.05, 4.69) is 5.32 Å². The number of anilines is 1. The van der Waals surface area contributed by atoms with E-state index in [0.29, 0.717) is 19.5 Å². The molecule has 1 aliphatic rings. The first-order valence-electron chi connectivity index (χ1n) is 9.26. The lowest BCUT2D eigenvalue weighted by molar-refractivity contribution is -0.128. The molecule has 1 heterocycles. The molecule has 5 heteroatoms. The van der Waals surface area contributed by atoms with Crippen molar-refractivity contribution >= 4 is 17.5 Å². The minimum absolute atomic E-state index is 0.0338. The van der Waals surface area contributed by atoms with Crippen LogP contribution in [-0.2, 0) is 16.0 Å². The summed E-state index contributed by atoms with van der Waals surface area (Å²) in [6, 6.07) is 13.7. The summed E-state index contributed by atoms with van der Waals surface area (Å²) in [5.41, 5.74) is 3.97. The van der Waals surface area contributed by atoms with Gasteiger partial charge in [-0.15, -0.1) is 0 Å². The van der Waals surface area contributed by atoms with Crippen LogP contribution in [-0.4, -0.2) is 36.9 Å². The Kier molecular flexibility index (Phi) is 5.79. The van der Waals surface area contributed by atoms with Crippen molar-refractivity contribution in [2.45, 2.75) is 26.7 Å². The van der Waals surface area contributed by atoms with Crippen LogP contribution < -0.4 is 10.1 Å². The van der Waals surface area contributed by atoms with Crippen LogP contribution in [0.3, 0.4) is 0 Å². The quantitative estimate of drug-likeness (QED) is 0.853. The Hall–Kier alpha value is -2.82. The molecule has 27 heavy (non-hydrogen) atoms. The normalized spacial score (nSPS) is 16.5.